The van der Waals surface area contributed by atoms with Gasteiger partial charge in [0.05, 0.1) is 18.8 Å². The molecule has 1 rings (SSSR count). The minimum absolute atomic E-state index is 0.209. The van der Waals surface area contributed by atoms with Crippen LogP contribution in [0.2, 0.25) is 0 Å². The number of aromatic nitrogens is 3. The van der Waals surface area contributed by atoms with Crippen LogP contribution in [0, 0.1) is 0 Å². The molecule has 0 aliphatic rings. The van der Waals surface area contributed by atoms with Crippen LogP contribution < -0.4 is 5.32 Å². The minimum atomic E-state index is -2.29. The van der Waals surface area contributed by atoms with E-state index in [-0.39, 0.29) is 6.54 Å². The van der Waals surface area contributed by atoms with Crippen LogP contribution in [0.5, 0.6) is 0 Å². The summed E-state index contributed by atoms with van der Waals surface area (Å²) in [5.41, 5.74) is 0.864. The molecule has 0 unspecified atom stereocenters. The molecule has 0 fully saturated rings. The second-order valence-electron chi connectivity index (χ2n) is 3.91. The first-order chi connectivity index (χ1) is 8.11. The van der Waals surface area contributed by atoms with Crippen LogP contribution in [0.3, 0.4) is 0 Å². The SMILES string of the molecule is CCNCc1cn(CCN(C)CC(F)F)nn1. The van der Waals surface area contributed by atoms with E-state index in [9.17, 15) is 8.78 Å². The maximum atomic E-state index is 12.1. The van der Waals surface area contributed by atoms with Gasteiger partial charge in [0.15, 0.2) is 0 Å². The van der Waals surface area contributed by atoms with Crippen molar-refractivity contribution in [2.75, 3.05) is 26.7 Å². The Bertz CT molecular complexity index is 315. The summed E-state index contributed by atoms with van der Waals surface area (Å²) in [5, 5.41) is 11.1. The van der Waals surface area contributed by atoms with E-state index < -0.39 is 6.43 Å². The monoisotopic (exact) mass is 247 g/mol. The molecule has 0 saturated heterocycles. The number of hydrogen-bond acceptors (Lipinski definition) is 4. The molecular weight excluding hydrogens is 228 g/mol. The van der Waals surface area contributed by atoms with E-state index in [1.54, 1.807) is 16.6 Å². The van der Waals surface area contributed by atoms with E-state index in [1.165, 1.54) is 0 Å². The number of nitrogens with one attached hydrogen (secondary N) is 1. The van der Waals surface area contributed by atoms with Crippen molar-refractivity contribution in [1.82, 2.24) is 25.2 Å². The van der Waals surface area contributed by atoms with E-state index in [4.69, 9.17) is 0 Å². The minimum Gasteiger partial charge on any atom is -0.311 e. The molecule has 0 aliphatic carbocycles. The maximum absolute atomic E-state index is 12.1. The highest BCUT2D eigenvalue weighted by atomic mass is 19.3. The Morgan fingerprint density at radius 2 is 2.29 bits per heavy atom. The van der Waals surface area contributed by atoms with Gasteiger partial charge in [-0.15, -0.1) is 5.10 Å². The highest BCUT2D eigenvalue weighted by molar-refractivity contribution is 4.91. The molecule has 5 nitrogen and oxygen atoms in total. The number of halogens is 2. The van der Waals surface area contributed by atoms with Gasteiger partial charge in [0.2, 0.25) is 0 Å². The van der Waals surface area contributed by atoms with Gasteiger partial charge in [0.1, 0.15) is 0 Å². The van der Waals surface area contributed by atoms with Crippen LogP contribution in [-0.4, -0.2) is 53.0 Å². The first-order valence-corrected chi connectivity index (χ1v) is 5.68. The average molecular weight is 247 g/mol. The Hall–Kier alpha value is -1.08. The van der Waals surface area contributed by atoms with Crippen molar-refractivity contribution in [3.63, 3.8) is 0 Å². The summed E-state index contributed by atoms with van der Waals surface area (Å²) in [4.78, 5) is 1.58. The van der Waals surface area contributed by atoms with Gasteiger partial charge >= 0.3 is 0 Å². The van der Waals surface area contributed by atoms with Gasteiger partial charge in [-0.25, -0.2) is 8.78 Å². The number of rotatable bonds is 8. The second kappa shape index (κ2) is 7.29. The normalized spacial score (nSPS) is 11.6. The van der Waals surface area contributed by atoms with Gasteiger partial charge in [-0.1, -0.05) is 12.1 Å². The molecule has 1 heterocycles. The van der Waals surface area contributed by atoms with Crippen LogP contribution >= 0.6 is 0 Å². The second-order valence-corrected chi connectivity index (χ2v) is 3.91. The van der Waals surface area contributed by atoms with Crippen molar-refractivity contribution < 1.29 is 8.78 Å². The summed E-state index contributed by atoms with van der Waals surface area (Å²) in [6.07, 6.45) is -0.459. The van der Waals surface area contributed by atoms with E-state index in [2.05, 4.69) is 15.6 Å². The fourth-order valence-electron chi connectivity index (χ4n) is 1.38. The lowest BCUT2D eigenvalue weighted by molar-refractivity contribution is 0.0983. The number of alkyl halides is 2. The summed E-state index contributed by atoms with van der Waals surface area (Å²) < 4.78 is 25.8. The Kier molecular flexibility index (Phi) is 5.99. The molecule has 1 aromatic rings. The smallest absolute Gasteiger partial charge is 0.251 e. The van der Waals surface area contributed by atoms with Crippen molar-refractivity contribution in [3.8, 4) is 0 Å². The van der Waals surface area contributed by atoms with Gasteiger partial charge in [0, 0.05) is 19.3 Å². The topological polar surface area (TPSA) is 46.0 Å². The number of nitrogens with zero attached hydrogens (tertiary/aromatic N) is 4. The number of likely N-dealkylation sites (N-methyl/N-ethyl adjacent to an activating group) is 1. The lowest BCUT2D eigenvalue weighted by Crippen LogP contribution is -2.28. The summed E-state index contributed by atoms with van der Waals surface area (Å²) in [7, 11) is 1.67. The van der Waals surface area contributed by atoms with Crippen molar-refractivity contribution in [3.05, 3.63) is 11.9 Å². The molecule has 0 bridgehead atoms. The van der Waals surface area contributed by atoms with Crippen LogP contribution in [0.1, 0.15) is 12.6 Å². The van der Waals surface area contributed by atoms with Gasteiger partial charge < -0.3 is 5.32 Å². The van der Waals surface area contributed by atoms with Crippen molar-refractivity contribution in [1.29, 1.82) is 0 Å². The fourth-order valence-corrected chi connectivity index (χ4v) is 1.38. The molecule has 1 aromatic heterocycles. The van der Waals surface area contributed by atoms with E-state index >= 15 is 0 Å². The Balaban J connectivity index is 2.29. The average Bonchev–Trinajstić information content (AvgIpc) is 2.70. The zero-order chi connectivity index (χ0) is 12.7. The molecule has 1 N–H and O–H groups in total. The summed E-state index contributed by atoms with van der Waals surface area (Å²) in [5.74, 6) is 0. The largest absolute Gasteiger partial charge is 0.311 e. The quantitative estimate of drug-likeness (QED) is 0.730. The predicted octanol–water partition coefficient (Wildman–Crippen LogP) is 0.584. The summed E-state index contributed by atoms with van der Waals surface area (Å²) >= 11 is 0. The van der Waals surface area contributed by atoms with Gasteiger partial charge in [-0.2, -0.15) is 0 Å². The van der Waals surface area contributed by atoms with Gasteiger partial charge in [-0.05, 0) is 13.6 Å². The molecule has 17 heavy (non-hydrogen) atoms. The molecule has 0 spiro atoms. The number of hydrogen-bond donors (Lipinski definition) is 1. The Morgan fingerprint density at radius 3 is 2.94 bits per heavy atom. The molecule has 0 aliphatic heterocycles. The van der Waals surface area contributed by atoms with E-state index in [1.807, 2.05) is 13.1 Å². The zero-order valence-corrected chi connectivity index (χ0v) is 10.2. The molecule has 98 valence electrons. The van der Waals surface area contributed by atoms with Crippen LogP contribution in [0.15, 0.2) is 6.20 Å². The highest BCUT2D eigenvalue weighted by Gasteiger charge is 2.07. The molecule has 0 radical (unpaired) electrons. The zero-order valence-electron chi connectivity index (χ0n) is 10.2. The van der Waals surface area contributed by atoms with Crippen LogP contribution in [0.4, 0.5) is 8.78 Å². The summed E-state index contributed by atoms with van der Waals surface area (Å²) in [6.45, 7) is 4.48. The van der Waals surface area contributed by atoms with Gasteiger partial charge in [-0.3, -0.25) is 9.58 Å². The summed E-state index contributed by atoms with van der Waals surface area (Å²) in [6, 6.07) is 0. The molecule has 0 saturated carbocycles. The lowest BCUT2D eigenvalue weighted by Gasteiger charge is -2.15. The third-order valence-corrected chi connectivity index (χ3v) is 2.30. The molecule has 0 aromatic carbocycles. The maximum Gasteiger partial charge on any atom is 0.251 e. The molecule has 7 heteroatoms. The van der Waals surface area contributed by atoms with Crippen molar-refractivity contribution in [2.24, 2.45) is 0 Å². The van der Waals surface area contributed by atoms with Crippen molar-refractivity contribution >= 4 is 0 Å². The highest BCUT2D eigenvalue weighted by Crippen LogP contribution is 1.97. The van der Waals surface area contributed by atoms with Crippen molar-refractivity contribution in [2.45, 2.75) is 26.4 Å². The predicted molar refractivity (Wildman–Crippen MR) is 60.9 cm³/mol. The van der Waals surface area contributed by atoms with E-state index in [0.29, 0.717) is 19.6 Å². The molecule has 0 amide bonds. The fraction of sp³-hybridized carbons (Fsp3) is 0.800. The standard InChI is InChI=1S/C10H19F2N5/c1-3-13-6-9-7-17(15-14-9)5-4-16(2)8-10(11)12/h7,10,13H,3-6,8H2,1-2H3. The molecular formula is C10H19F2N5. The first-order valence-electron chi connectivity index (χ1n) is 5.68. The lowest BCUT2D eigenvalue weighted by atomic mass is 10.4. The first kappa shape index (κ1) is 14.0. The Labute approximate surface area is 99.8 Å². The third-order valence-electron chi connectivity index (χ3n) is 2.30. The van der Waals surface area contributed by atoms with Crippen LogP contribution in [-0.2, 0) is 13.1 Å². The van der Waals surface area contributed by atoms with E-state index in [0.717, 1.165) is 12.2 Å². The molecule has 0 atom stereocenters. The Morgan fingerprint density at radius 1 is 1.53 bits per heavy atom. The third kappa shape index (κ3) is 5.69. The van der Waals surface area contributed by atoms with Crippen LogP contribution in [0.25, 0.3) is 0 Å². The van der Waals surface area contributed by atoms with Gasteiger partial charge in [0.25, 0.3) is 6.43 Å².